The fraction of sp³-hybridized carbons (Fsp3) is 0.444. The molecule has 8 nitrogen and oxygen atoms in total. The van der Waals surface area contributed by atoms with E-state index in [1.54, 1.807) is 0 Å². The number of nitrogens with one attached hydrogen (secondary N) is 1. The van der Waals surface area contributed by atoms with Crippen LogP contribution >= 0.6 is 0 Å². The molecule has 8 heteroatoms. The molecule has 0 spiro atoms. The van der Waals surface area contributed by atoms with E-state index in [4.69, 9.17) is 14.2 Å². The summed E-state index contributed by atoms with van der Waals surface area (Å²) >= 11 is 0. The Kier molecular flexibility index (Phi) is 9.45. The summed E-state index contributed by atoms with van der Waals surface area (Å²) < 4.78 is 15.1. The largest absolute Gasteiger partial charge is 0.462 e. The average molecular weight is 365 g/mol. The van der Waals surface area contributed by atoms with E-state index in [1.165, 1.54) is 32.0 Å². The molecule has 0 fully saturated rings. The summed E-state index contributed by atoms with van der Waals surface area (Å²) in [6.07, 6.45) is 3.93. The minimum Gasteiger partial charge on any atom is -0.462 e. The van der Waals surface area contributed by atoms with Gasteiger partial charge >= 0.3 is 17.9 Å². The lowest BCUT2D eigenvalue weighted by atomic mass is 10.2. The van der Waals surface area contributed by atoms with Crippen LogP contribution in [0, 0.1) is 0 Å². The summed E-state index contributed by atoms with van der Waals surface area (Å²) in [5.41, 5.74) is 0.00846. The molecule has 1 aromatic carbocycles. The first-order chi connectivity index (χ1) is 12.4. The number of benzene rings is 1. The highest BCUT2D eigenvalue weighted by Gasteiger charge is 2.17. The monoisotopic (exact) mass is 365 g/mol. The van der Waals surface area contributed by atoms with E-state index in [1.807, 2.05) is 0 Å². The summed E-state index contributed by atoms with van der Waals surface area (Å²) in [6.45, 7) is 3.28. The van der Waals surface area contributed by atoms with Crippen molar-refractivity contribution in [2.45, 2.75) is 39.5 Å². The van der Waals surface area contributed by atoms with Crippen LogP contribution < -0.4 is 14.8 Å². The van der Waals surface area contributed by atoms with E-state index < -0.39 is 17.9 Å². The highest BCUT2D eigenvalue weighted by molar-refractivity contribution is 5.94. The van der Waals surface area contributed by atoms with Gasteiger partial charge in [-0.05, 0) is 37.5 Å². The first-order valence-electron chi connectivity index (χ1n) is 8.29. The van der Waals surface area contributed by atoms with Gasteiger partial charge in [0.2, 0.25) is 6.41 Å². The maximum absolute atomic E-state index is 12.3. The van der Waals surface area contributed by atoms with Gasteiger partial charge in [-0.25, -0.2) is 4.79 Å². The Hall–Kier alpha value is -2.90. The lowest BCUT2D eigenvalue weighted by Crippen LogP contribution is -2.13. The predicted molar refractivity (Wildman–Crippen MR) is 91.9 cm³/mol. The molecular formula is C18H23NO7. The van der Waals surface area contributed by atoms with Crippen LogP contribution in [0.3, 0.4) is 0 Å². The quantitative estimate of drug-likeness (QED) is 0.276. The summed E-state index contributed by atoms with van der Waals surface area (Å²) in [5, 5.41) is 2.58. The molecule has 0 atom stereocenters. The molecule has 1 amide bonds. The van der Waals surface area contributed by atoms with Crippen molar-refractivity contribution in [1.29, 1.82) is 0 Å². The molecule has 142 valence electrons. The molecule has 0 unspecified atom stereocenters. The second kappa shape index (κ2) is 11.6. The highest BCUT2D eigenvalue weighted by atomic mass is 16.6. The Balaban J connectivity index is 2.59. The Morgan fingerprint density at radius 2 is 1.69 bits per heavy atom. The maximum Gasteiger partial charge on any atom is 0.342 e. The first kappa shape index (κ1) is 21.1. The number of hydrogen-bond acceptors (Lipinski definition) is 7. The van der Waals surface area contributed by atoms with E-state index >= 15 is 0 Å². The van der Waals surface area contributed by atoms with Gasteiger partial charge in [0.1, 0.15) is 17.1 Å². The van der Waals surface area contributed by atoms with Crippen molar-refractivity contribution in [3.8, 4) is 11.5 Å². The van der Waals surface area contributed by atoms with Gasteiger partial charge in [0.15, 0.2) is 0 Å². The number of carbonyl (C=O) groups excluding carboxylic acids is 4. The molecule has 0 aromatic heterocycles. The van der Waals surface area contributed by atoms with Crippen LogP contribution in [-0.4, -0.2) is 37.5 Å². The van der Waals surface area contributed by atoms with Crippen molar-refractivity contribution in [2.24, 2.45) is 0 Å². The van der Waals surface area contributed by atoms with E-state index in [0.29, 0.717) is 19.4 Å². The van der Waals surface area contributed by atoms with Gasteiger partial charge in [-0.15, -0.1) is 0 Å². The normalized spacial score (nSPS) is 9.92. The molecule has 0 aliphatic carbocycles. The van der Waals surface area contributed by atoms with Crippen LogP contribution in [0.1, 0.15) is 49.9 Å². The Morgan fingerprint density at radius 3 is 2.35 bits per heavy atom. The van der Waals surface area contributed by atoms with Crippen molar-refractivity contribution < 1.29 is 33.4 Å². The second-order valence-electron chi connectivity index (χ2n) is 5.47. The van der Waals surface area contributed by atoms with Crippen molar-refractivity contribution in [1.82, 2.24) is 5.32 Å². The second-order valence-corrected chi connectivity index (χ2v) is 5.47. The number of ether oxygens (including phenoxy) is 3. The third-order valence-corrected chi connectivity index (χ3v) is 3.22. The molecule has 0 aliphatic rings. The Labute approximate surface area is 151 Å². The fourth-order valence-corrected chi connectivity index (χ4v) is 2.13. The minimum absolute atomic E-state index is 0.00846. The molecule has 1 aromatic rings. The molecule has 0 aliphatic heterocycles. The molecular weight excluding hydrogens is 342 g/mol. The fourth-order valence-electron chi connectivity index (χ4n) is 2.13. The molecule has 26 heavy (non-hydrogen) atoms. The summed E-state index contributed by atoms with van der Waals surface area (Å²) in [6, 6.07) is 4.09. The number of amides is 1. The molecule has 0 bridgehead atoms. The molecule has 0 saturated heterocycles. The number of hydrogen-bond donors (Lipinski definition) is 1. The van der Waals surface area contributed by atoms with Crippen LogP contribution in [-0.2, 0) is 19.1 Å². The highest BCUT2D eigenvalue weighted by Crippen LogP contribution is 2.25. The van der Waals surface area contributed by atoms with Gasteiger partial charge in [-0.2, -0.15) is 0 Å². The van der Waals surface area contributed by atoms with Crippen LogP contribution in [0.2, 0.25) is 0 Å². The van der Waals surface area contributed by atoms with Gasteiger partial charge in [-0.3, -0.25) is 14.4 Å². The number of esters is 3. The van der Waals surface area contributed by atoms with Crippen molar-refractivity contribution in [2.75, 3.05) is 13.2 Å². The predicted octanol–water partition coefficient (Wildman–Crippen LogP) is 2.00. The van der Waals surface area contributed by atoms with Crippen molar-refractivity contribution in [3.05, 3.63) is 23.8 Å². The van der Waals surface area contributed by atoms with Crippen molar-refractivity contribution >= 4 is 24.3 Å². The number of carbonyl (C=O) groups is 4. The zero-order valence-corrected chi connectivity index (χ0v) is 14.9. The van der Waals surface area contributed by atoms with Crippen LogP contribution in [0.4, 0.5) is 0 Å². The molecule has 0 saturated carbocycles. The van der Waals surface area contributed by atoms with Crippen LogP contribution in [0.25, 0.3) is 0 Å². The first-order valence-corrected chi connectivity index (χ1v) is 8.29. The van der Waals surface area contributed by atoms with E-state index in [0.717, 1.165) is 19.3 Å². The molecule has 1 rings (SSSR count). The zero-order valence-electron chi connectivity index (χ0n) is 14.9. The van der Waals surface area contributed by atoms with Crippen LogP contribution in [0.15, 0.2) is 18.2 Å². The van der Waals surface area contributed by atoms with Gasteiger partial charge in [0.25, 0.3) is 0 Å². The summed E-state index contributed by atoms with van der Waals surface area (Å²) in [4.78, 5) is 44.6. The SMILES string of the molecule is CC(=O)Oc1ccc(OC(C)=O)c(C(=O)OCCCCCCNC=O)c1. The lowest BCUT2D eigenvalue weighted by Gasteiger charge is -2.11. The Morgan fingerprint density at radius 1 is 1.00 bits per heavy atom. The summed E-state index contributed by atoms with van der Waals surface area (Å²) in [5.74, 6) is -1.59. The lowest BCUT2D eigenvalue weighted by molar-refractivity contribution is -0.133. The molecule has 1 N–H and O–H groups in total. The average Bonchev–Trinajstić information content (AvgIpc) is 2.57. The van der Waals surface area contributed by atoms with E-state index in [2.05, 4.69) is 5.32 Å². The Bertz CT molecular complexity index is 642. The van der Waals surface area contributed by atoms with Gasteiger partial charge in [-0.1, -0.05) is 6.42 Å². The van der Waals surface area contributed by atoms with Crippen molar-refractivity contribution in [3.63, 3.8) is 0 Å². The summed E-state index contributed by atoms with van der Waals surface area (Å²) in [7, 11) is 0. The van der Waals surface area contributed by atoms with Gasteiger partial charge in [0, 0.05) is 20.4 Å². The third-order valence-electron chi connectivity index (χ3n) is 3.22. The number of rotatable bonds is 11. The van der Waals surface area contributed by atoms with Crippen LogP contribution in [0.5, 0.6) is 11.5 Å². The van der Waals surface area contributed by atoms with E-state index in [-0.39, 0.29) is 23.7 Å². The smallest absolute Gasteiger partial charge is 0.342 e. The topological polar surface area (TPSA) is 108 Å². The molecule has 0 heterocycles. The molecule has 0 radical (unpaired) electrons. The van der Waals surface area contributed by atoms with E-state index in [9.17, 15) is 19.2 Å². The minimum atomic E-state index is -0.669. The number of unbranched alkanes of at least 4 members (excludes halogenated alkanes) is 3. The third kappa shape index (κ3) is 8.27. The van der Waals surface area contributed by atoms with Gasteiger partial charge < -0.3 is 19.5 Å². The van der Waals surface area contributed by atoms with Gasteiger partial charge in [0.05, 0.1) is 6.61 Å². The maximum atomic E-state index is 12.3. The standard InChI is InChI=1S/C18H23NO7/c1-13(21)25-15-7-8-17(26-14(2)22)16(11-15)18(23)24-10-6-4-3-5-9-19-12-20/h7-8,11-12H,3-6,9-10H2,1-2H3,(H,19,20). The zero-order chi connectivity index (χ0) is 19.4.